The average Bonchev–Trinajstić information content (AvgIpc) is 3.38. The van der Waals surface area contributed by atoms with Crippen LogP contribution in [-0.4, -0.2) is 40.1 Å². The largest absolute Gasteiger partial charge is 0.471 e. The number of imidazole rings is 1. The molecule has 4 aromatic heterocycles. The summed E-state index contributed by atoms with van der Waals surface area (Å²) in [6.07, 6.45) is 1.04. The minimum absolute atomic E-state index is 0.0444. The number of pyridine rings is 1. The molecule has 0 saturated heterocycles. The van der Waals surface area contributed by atoms with Crippen molar-refractivity contribution in [3.63, 3.8) is 0 Å². The molecule has 0 aliphatic carbocycles. The molecule has 152 valence electrons. The third kappa shape index (κ3) is 4.26. The lowest BCUT2D eigenvalue weighted by molar-refractivity contribution is -0.159. The number of nitrogens with zero attached hydrogens (tertiary/aromatic N) is 7. The van der Waals surface area contributed by atoms with Gasteiger partial charge in [0.05, 0.1) is 21.2 Å². The Hall–Kier alpha value is -3.29. The van der Waals surface area contributed by atoms with Gasteiger partial charge in [-0.25, -0.2) is 13.6 Å². The van der Waals surface area contributed by atoms with E-state index in [9.17, 15) is 17.4 Å². The highest BCUT2D eigenvalue weighted by molar-refractivity contribution is 7.92. The molecule has 4 rings (SSSR count). The predicted molar refractivity (Wildman–Crippen MR) is 91.7 cm³/mol. The van der Waals surface area contributed by atoms with Crippen LogP contribution in [-0.2, 0) is 28.2 Å². The van der Waals surface area contributed by atoms with E-state index in [0.29, 0.717) is 22.7 Å². The Bertz CT molecular complexity index is 1270. The van der Waals surface area contributed by atoms with Gasteiger partial charge in [0, 0.05) is 24.2 Å². The van der Waals surface area contributed by atoms with Gasteiger partial charge in [0.15, 0.2) is 5.82 Å². The topological polar surface area (TPSA) is 125 Å². The van der Waals surface area contributed by atoms with Crippen molar-refractivity contribution in [3.8, 4) is 11.4 Å². The fourth-order valence-electron chi connectivity index (χ4n) is 2.48. The van der Waals surface area contributed by atoms with E-state index in [4.69, 9.17) is 0 Å². The summed E-state index contributed by atoms with van der Waals surface area (Å²) in [5, 5.41) is 6.96. The molecular weight excluding hydrogens is 415 g/mol. The van der Waals surface area contributed by atoms with Crippen LogP contribution in [0.15, 0.2) is 44.3 Å². The quantitative estimate of drug-likeness (QED) is 0.476. The number of alkyl halides is 3. The van der Waals surface area contributed by atoms with Gasteiger partial charge in [-0.1, -0.05) is 10.3 Å². The van der Waals surface area contributed by atoms with Crippen molar-refractivity contribution in [1.29, 1.82) is 0 Å². The standard InChI is InChI=1S/C15H12F3N7O3S/c1-29(26,20-4-11-19-8-27-23-11)7-10-6-25-5-9(2-3-12(25)21-10)13-22-14(28-24-13)15(16,17)18/h2-3,5-6,8H,4,7H2,1H3. The SMILES string of the molecule is CS(=O)(Cc1cn2cc(-c3noc(C(F)(F)F)n3)ccc2n1)=NCc1ncon1. The molecule has 0 saturated carbocycles. The molecule has 0 radical (unpaired) electrons. The number of aromatic nitrogens is 6. The van der Waals surface area contributed by atoms with E-state index >= 15 is 0 Å². The van der Waals surface area contributed by atoms with Crippen molar-refractivity contribution >= 4 is 15.4 Å². The zero-order valence-corrected chi connectivity index (χ0v) is 15.5. The first-order valence-corrected chi connectivity index (χ1v) is 10.1. The number of rotatable bonds is 5. The van der Waals surface area contributed by atoms with E-state index < -0.39 is 21.8 Å². The highest BCUT2D eigenvalue weighted by atomic mass is 32.2. The monoisotopic (exact) mass is 427 g/mol. The molecule has 0 fully saturated rings. The summed E-state index contributed by atoms with van der Waals surface area (Å²) >= 11 is 0. The molecular formula is C15H12F3N7O3S. The molecule has 29 heavy (non-hydrogen) atoms. The Morgan fingerprint density at radius 3 is 2.72 bits per heavy atom. The van der Waals surface area contributed by atoms with Crippen molar-refractivity contribution in [2.24, 2.45) is 4.36 Å². The first-order valence-electron chi connectivity index (χ1n) is 7.99. The fourth-order valence-corrected chi connectivity index (χ4v) is 3.65. The summed E-state index contributed by atoms with van der Waals surface area (Å²) in [4.78, 5) is 11.5. The third-order valence-corrected chi connectivity index (χ3v) is 5.24. The molecule has 0 amide bonds. The molecule has 14 heteroatoms. The van der Waals surface area contributed by atoms with E-state index in [1.807, 2.05) is 0 Å². The Morgan fingerprint density at radius 2 is 2.03 bits per heavy atom. The van der Waals surface area contributed by atoms with Crippen molar-refractivity contribution < 1.29 is 26.4 Å². The van der Waals surface area contributed by atoms with Crippen LogP contribution in [0, 0.1) is 0 Å². The second-order valence-electron chi connectivity index (χ2n) is 6.07. The zero-order chi connectivity index (χ0) is 20.6. The fraction of sp³-hybridized carbons (Fsp3) is 0.267. The molecule has 4 heterocycles. The summed E-state index contributed by atoms with van der Waals surface area (Å²) in [5.74, 6) is -1.24. The van der Waals surface area contributed by atoms with Crippen LogP contribution in [0.5, 0.6) is 0 Å². The molecule has 0 aliphatic rings. The van der Waals surface area contributed by atoms with E-state index in [1.54, 1.807) is 16.7 Å². The second-order valence-corrected chi connectivity index (χ2v) is 8.54. The Balaban J connectivity index is 1.58. The first-order chi connectivity index (χ1) is 13.7. The highest BCUT2D eigenvalue weighted by Crippen LogP contribution is 2.29. The molecule has 4 aromatic rings. The Kier molecular flexibility index (Phi) is 4.56. The van der Waals surface area contributed by atoms with Gasteiger partial charge >= 0.3 is 12.1 Å². The molecule has 0 aromatic carbocycles. The van der Waals surface area contributed by atoms with Gasteiger partial charge in [0.1, 0.15) is 12.2 Å². The Morgan fingerprint density at radius 1 is 1.21 bits per heavy atom. The molecule has 0 bridgehead atoms. The van der Waals surface area contributed by atoms with Crippen molar-refractivity contribution in [3.05, 3.63) is 48.3 Å². The summed E-state index contributed by atoms with van der Waals surface area (Å²) < 4.78 is 65.1. The van der Waals surface area contributed by atoms with Crippen molar-refractivity contribution in [2.45, 2.75) is 18.5 Å². The van der Waals surface area contributed by atoms with Crippen LogP contribution in [0.3, 0.4) is 0 Å². The third-order valence-electron chi connectivity index (χ3n) is 3.73. The maximum Gasteiger partial charge on any atom is 0.471 e. The van der Waals surface area contributed by atoms with E-state index in [-0.39, 0.29) is 18.1 Å². The van der Waals surface area contributed by atoms with Gasteiger partial charge in [-0.15, -0.1) is 0 Å². The minimum Gasteiger partial charge on any atom is -0.343 e. The predicted octanol–water partition coefficient (Wildman–Crippen LogP) is 2.58. The van der Waals surface area contributed by atoms with Crippen molar-refractivity contribution in [2.75, 3.05) is 6.26 Å². The molecule has 1 unspecified atom stereocenters. The van der Waals surface area contributed by atoms with Gasteiger partial charge in [0.25, 0.3) is 0 Å². The van der Waals surface area contributed by atoms with Gasteiger partial charge in [-0.2, -0.15) is 23.1 Å². The lowest BCUT2D eigenvalue weighted by atomic mass is 10.3. The van der Waals surface area contributed by atoms with Crippen molar-refractivity contribution in [1.82, 2.24) is 29.7 Å². The van der Waals surface area contributed by atoms with Crippen LogP contribution in [0.4, 0.5) is 13.2 Å². The van der Waals surface area contributed by atoms with Gasteiger partial charge in [-0.05, 0) is 12.1 Å². The van der Waals surface area contributed by atoms with Gasteiger partial charge in [-0.3, -0.25) is 0 Å². The van der Waals surface area contributed by atoms with E-state index in [2.05, 4.69) is 38.7 Å². The Labute approximate surface area is 160 Å². The van der Waals surface area contributed by atoms with Crippen LogP contribution in [0.25, 0.3) is 17.0 Å². The smallest absolute Gasteiger partial charge is 0.343 e. The van der Waals surface area contributed by atoms with Crippen LogP contribution >= 0.6 is 0 Å². The molecule has 0 N–H and O–H groups in total. The van der Waals surface area contributed by atoms with Crippen LogP contribution in [0.2, 0.25) is 0 Å². The molecule has 10 nitrogen and oxygen atoms in total. The molecule has 1 atom stereocenters. The van der Waals surface area contributed by atoms with Crippen LogP contribution < -0.4 is 0 Å². The minimum atomic E-state index is -4.72. The maximum atomic E-state index is 12.7. The van der Waals surface area contributed by atoms with Gasteiger partial charge < -0.3 is 13.4 Å². The summed E-state index contributed by atoms with van der Waals surface area (Å²) in [6, 6.07) is 3.09. The summed E-state index contributed by atoms with van der Waals surface area (Å²) in [7, 11) is -2.62. The normalized spacial score (nSPS) is 14.2. The highest BCUT2D eigenvalue weighted by Gasteiger charge is 2.38. The molecule has 0 aliphatic heterocycles. The van der Waals surface area contributed by atoms with Crippen LogP contribution in [0.1, 0.15) is 17.4 Å². The average molecular weight is 427 g/mol. The van der Waals surface area contributed by atoms with E-state index in [1.165, 1.54) is 18.5 Å². The number of fused-ring (bicyclic) bond motifs is 1. The van der Waals surface area contributed by atoms with E-state index in [0.717, 1.165) is 6.39 Å². The summed E-state index contributed by atoms with van der Waals surface area (Å²) in [6.45, 7) is 0.0444. The lowest BCUT2D eigenvalue weighted by Gasteiger charge is -2.00. The number of hydrogen-bond donors (Lipinski definition) is 0. The number of hydrogen-bond acceptors (Lipinski definition) is 9. The maximum absolute atomic E-state index is 12.7. The zero-order valence-electron chi connectivity index (χ0n) is 14.7. The summed E-state index contributed by atoms with van der Waals surface area (Å²) in [5.41, 5.74) is 1.31. The lowest BCUT2D eigenvalue weighted by Crippen LogP contribution is -2.04. The molecule has 0 spiro atoms. The van der Waals surface area contributed by atoms with Gasteiger partial charge in [0.2, 0.25) is 12.2 Å². The first kappa shape index (κ1) is 19.0. The number of halogens is 3. The second kappa shape index (κ2) is 6.95.